The molecule has 2 aliphatic carbocycles. The minimum absolute atomic E-state index is 0.115. The number of carboxylic acid groups (broad SMARTS) is 1. The zero-order valence-corrected chi connectivity index (χ0v) is 18.0. The Bertz CT molecular complexity index is 779. The second-order valence-corrected chi connectivity index (χ2v) is 9.46. The van der Waals surface area contributed by atoms with Gasteiger partial charge in [-0.3, -0.25) is 9.59 Å². The average Bonchev–Trinajstić information content (AvgIpc) is 3.23. The van der Waals surface area contributed by atoms with Crippen molar-refractivity contribution in [2.75, 3.05) is 24.6 Å². The largest absolute Gasteiger partial charge is 0.481 e. The lowest BCUT2D eigenvalue weighted by Crippen LogP contribution is -2.36. The highest BCUT2D eigenvalue weighted by atomic mass is 16.5. The molecule has 3 fully saturated rings. The molecule has 1 aromatic rings. The van der Waals surface area contributed by atoms with Crippen molar-refractivity contribution in [2.45, 2.75) is 58.4 Å². The number of rotatable bonds is 8. The van der Waals surface area contributed by atoms with Crippen LogP contribution in [-0.2, 0) is 4.79 Å². The maximum absolute atomic E-state index is 12.9. The number of nitrogens with zero attached hydrogens (tertiary/aromatic N) is 2. The van der Waals surface area contributed by atoms with Crippen LogP contribution in [0.3, 0.4) is 0 Å². The van der Waals surface area contributed by atoms with Gasteiger partial charge in [-0.05, 0) is 49.1 Å². The normalized spacial score (nSPS) is 25.8. The molecule has 7 heteroatoms. The van der Waals surface area contributed by atoms with Crippen LogP contribution in [0.2, 0.25) is 0 Å². The molecule has 164 valence electrons. The van der Waals surface area contributed by atoms with Crippen molar-refractivity contribution in [1.29, 1.82) is 0 Å². The number of hydrogen-bond acceptors (Lipinski definition) is 5. The zero-order valence-electron chi connectivity index (χ0n) is 18.0. The second kappa shape index (κ2) is 8.82. The Morgan fingerprint density at radius 3 is 2.53 bits per heavy atom. The van der Waals surface area contributed by atoms with Gasteiger partial charge in [0.15, 0.2) is 0 Å². The van der Waals surface area contributed by atoms with Crippen molar-refractivity contribution >= 4 is 17.7 Å². The summed E-state index contributed by atoms with van der Waals surface area (Å²) >= 11 is 0. The fraction of sp³-hybridized carbons (Fsp3) is 0.696. The molecule has 2 N–H and O–H groups in total. The van der Waals surface area contributed by atoms with Crippen LogP contribution >= 0.6 is 0 Å². The van der Waals surface area contributed by atoms with Gasteiger partial charge in [0.05, 0.1) is 12.5 Å². The van der Waals surface area contributed by atoms with Crippen molar-refractivity contribution in [2.24, 2.45) is 23.7 Å². The lowest BCUT2D eigenvalue weighted by Gasteiger charge is -2.24. The summed E-state index contributed by atoms with van der Waals surface area (Å²) in [6.45, 7) is 6.20. The van der Waals surface area contributed by atoms with Gasteiger partial charge in [-0.2, -0.15) is 4.98 Å². The molecule has 1 unspecified atom stereocenters. The van der Waals surface area contributed by atoms with Crippen LogP contribution in [0.25, 0.3) is 0 Å². The van der Waals surface area contributed by atoms with Crippen molar-refractivity contribution in [3.8, 4) is 5.88 Å². The summed E-state index contributed by atoms with van der Waals surface area (Å²) in [5.74, 6) is 1.07. The van der Waals surface area contributed by atoms with E-state index in [1.165, 1.54) is 6.42 Å². The Balaban J connectivity index is 1.46. The predicted molar refractivity (Wildman–Crippen MR) is 114 cm³/mol. The van der Waals surface area contributed by atoms with Crippen LogP contribution in [0.5, 0.6) is 5.88 Å². The van der Waals surface area contributed by atoms with Gasteiger partial charge in [-0.25, -0.2) is 0 Å². The van der Waals surface area contributed by atoms with E-state index in [0.717, 1.165) is 37.9 Å². The van der Waals surface area contributed by atoms with Gasteiger partial charge in [0.1, 0.15) is 11.4 Å². The Morgan fingerprint density at radius 1 is 1.20 bits per heavy atom. The molecule has 0 spiro atoms. The summed E-state index contributed by atoms with van der Waals surface area (Å²) in [5, 5.41) is 12.4. The number of ether oxygens (including phenoxy) is 1. The lowest BCUT2D eigenvalue weighted by molar-refractivity contribution is -0.139. The minimum Gasteiger partial charge on any atom is -0.481 e. The van der Waals surface area contributed by atoms with E-state index in [1.54, 1.807) is 0 Å². The molecule has 1 aliphatic heterocycles. The smallest absolute Gasteiger partial charge is 0.307 e. The van der Waals surface area contributed by atoms with Crippen molar-refractivity contribution in [1.82, 2.24) is 10.3 Å². The van der Waals surface area contributed by atoms with Crippen molar-refractivity contribution in [3.05, 3.63) is 17.7 Å². The van der Waals surface area contributed by atoms with Crippen LogP contribution in [0.4, 0.5) is 5.82 Å². The first-order chi connectivity index (χ1) is 14.4. The number of anilines is 1. The number of carbonyl (C=O) groups excluding carboxylic acids is 1. The number of nitrogens with one attached hydrogen (secondary N) is 1. The first-order valence-corrected chi connectivity index (χ1v) is 11.4. The van der Waals surface area contributed by atoms with Gasteiger partial charge >= 0.3 is 5.97 Å². The molecule has 3 aliphatic rings. The Labute approximate surface area is 178 Å². The fourth-order valence-electron chi connectivity index (χ4n) is 4.87. The van der Waals surface area contributed by atoms with E-state index < -0.39 is 5.97 Å². The standard InChI is InChI=1S/C23H33N3O4/c1-14(2)10-11-30-22-16(21(27)24-15-6-4-3-5-7-15)8-9-19(25-22)26-12-17-18(13-26)20(17)23(28)29/h8-9,14-15,17-18,20H,3-7,10-13H2,1-2H3,(H,24,27)(H,28,29)/t17-,18+,20?. The summed E-state index contributed by atoms with van der Waals surface area (Å²) < 4.78 is 5.96. The van der Waals surface area contributed by atoms with E-state index in [2.05, 4.69) is 29.0 Å². The van der Waals surface area contributed by atoms with Gasteiger partial charge in [-0.1, -0.05) is 33.1 Å². The third-order valence-electron chi connectivity index (χ3n) is 6.77. The minimum atomic E-state index is -0.690. The Morgan fingerprint density at radius 2 is 1.90 bits per heavy atom. The number of carbonyl (C=O) groups is 2. The second-order valence-electron chi connectivity index (χ2n) is 9.46. The summed E-state index contributed by atoms with van der Waals surface area (Å²) in [7, 11) is 0. The van der Waals surface area contributed by atoms with E-state index >= 15 is 0 Å². The first-order valence-electron chi connectivity index (χ1n) is 11.4. The van der Waals surface area contributed by atoms with Gasteiger partial charge in [0, 0.05) is 19.1 Å². The predicted octanol–water partition coefficient (Wildman–Crippen LogP) is 3.34. The highest BCUT2D eigenvalue weighted by molar-refractivity contribution is 5.96. The number of fused-ring (bicyclic) bond motifs is 1. The highest BCUT2D eigenvalue weighted by Gasteiger charge is 2.60. The molecule has 0 aromatic carbocycles. The monoisotopic (exact) mass is 415 g/mol. The molecular weight excluding hydrogens is 382 g/mol. The van der Waals surface area contributed by atoms with Crippen LogP contribution in [0.1, 0.15) is 62.7 Å². The molecule has 0 radical (unpaired) electrons. The van der Waals surface area contributed by atoms with Crippen LogP contribution in [0, 0.1) is 23.7 Å². The quantitative estimate of drug-likeness (QED) is 0.677. The number of piperidine rings is 1. The van der Waals surface area contributed by atoms with Crippen LogP contribution in [0.15, 0.2) is 12.1 Å². The van der Waals surface area contributed by atoms with Gasteiger partial charge in [0.25, 0.3) is 5.91 Å². The van der Waals surface area contributed by atoms with E-state index in [4.69, 9.17) is 4.74 Å². The van der Waals surface area contributed by atoms with E-state index in [0.29, 0.717) is 37.1 Å². The summed E-state index contributed by atoms with van der Waals surface area (Å²) in [6, 6.07) is 3.91. The maximum atomic E-state index is 12.9. The third-order valence-corrected chi connectivity index (χ3v) is 6.77. The molecule has 1 amide bonds. The van der Waals surface area contributed by atoms with Gasteiger partial charge in [-0.15, -0.1) is 0 Å². The van der Waals surface area contributed by atoms with Gasteiger partial charge in [0.2, 0.25) is 5.88 Å². The number of aromatic nitrogens is 1. The highest BCUT2D eigenvalue weighted by Crippen LogP contribution is 2.52. The molecule has 0 bridgehead atoms. The average molecular weight is 416 g/mol. The van der Waals surface area contributed by atoms with E-state index in [9.17, 15) is 14.7 Å². The molecule has 2 saturated carbocycles. The van der Waals surface area contributed by atoms with Crippen LogP contribution < -0.4 is 15.0 Å². The third kappa shape index (κ3) is 4.55. The molecule has 1 saturated heterocycles. The van der Waals surface area contributed by atoms with Gasteiger partial charge < -0.3 is 20.1 Å². The topological polar surface area (TPSA) is 91.8 Å². The Hall–Kier alpha value is -2.31. The molecule has 3 atom stereocenters. The molecule has 7 nitrogen and oxygen atoms in total. The zero-order chi connectivity index (χ0) is 21.3. The summed E-state index contributed by atoms with van der Waals surface area (Å²) in [5.41, 5.74) is 0.487. The van der Waals surface area contributed by atoms with E-state index in [1.807, 2.05) is 12.1 Å². The molecule has 30 heavy (non-hydrogen) atoms. The fourth-order valence-corrected chi connectivity index (χ4v) is 4.87. The lowest BCUT2D eigenvalue weighted by atomic mass is 9.95. The molecule has 4 rings (SSSR count). The maximum Gasteiger partial charge on any atom is 0.307 e. The van der Waals surface area contributed by atoms with Crippen molar-refractivity contribution in [3.63, 3.8) is 0 Å². The van der Waals surface area contributed by atoms with E-state index in [-0.39, 0.29) is 29.7 Å². The molecule has 1 aromatic heterocycles. The number of aliphatic carboxylic acids is 1. The number of hydrogen-bond donors (Lipinski definition) is 2. The number of amides is 1. The molecule has 2 heterocycles. The number of carboxylic acids is 1. The first kappa shape index (κ1) is 20.9. The Kier molecular flexibility index (Phi) is 6.16. The summed E-state index contributed by atoms with van der Waals surface area (Å²) in [4.78, 5) is 31.0. The van der Waals surface area contributed by atoms with Crippen molar-refractivity contribution < 1.29 is 19.4 Å². The molecular formula is C23H33N3O4. The summed E-state index contributed by atoms with van der Waals surface area (Å²) in [6.07, 6.45) is 6.52. The van der Waals surface area contributed by atoms with Crippen LogP contribution in [-0.4, -0.2) is 47.7 Å². The SMILES string of the molecule is CC(C)CCOc1nc(N2C[C@@H]3C(C(=O)O)[C@@H]3C2)ccc1C(=O)NC1CCCCC1. The number of pyridine rings is 1.